The molecule has 3 aliphatic heterocycles. The van der Waals surface area contributed by atoms with Gasteiger partial charge in [-0.2, -0.15) is 0 Å². The summed E-state index contributed by atoms with van der Waals surface area (Å²) in [4.78, 5) is 63.3. The number of benzene rings is 4. The fraction of sp³-hybridized carbons (Fsp3) is 0.171. The molecule has 0 aliphatic carbocycles. The maximum Gasteiger partial charge on any atom is 0.326 e. The number of urea groups is 1. The third-order valence-corrected chi connectivity index (χ3v) is 8.91. The summed E-state index contributed by atoms with van der Waals surface area (Å²) in [5.41, 5.74) is 3.36. The zero-order chi connectivity index (χ0) is 32.7. The van der Waals surface area contributed by atoms with Gasteiger partial charge < -0.3 is 15.5 Å². The highest BCUT2D eigenvalue weighted by molar-refractivity contribution is 6.30. The maximum absolute atomic E-state index is 14.5. The Balaban J connectivity index is 1.40. The van der Waals surface area contributed by atoms with Crippen molar-refractivity contribution < 1.29 is 19.2 Å². The van der Waals surface area contributed by atoms with Crippen LogP contribution in [-0.4, -0.2) is 65.6 Å². The number of halogens is 2. The molecular formula is C35H28Cl2N6O4. The summed E-state index contributed by atoms with van der Waals surface area (Å²) in [5.74, 6) is -0.661. The van der Waals surface area contributed by atoms with Gasteiger partial charge >= 0.3 is 6.03 Å². The fourth-order valence-corrected chi connectivity index (χ4v) is 6.45. The molecule has 3 heterocycles. The normalized spacial score (nSPS) is 19.5. The summed E-state index contributed by atoms with van der Waals surface area (Å²) in [6, 6.07) is 27.1. The molecule has 0 spiro atoms. The van der Waals surface area contributed by atoms with E-state index >= 15 is 0 Å². The SMILES string of the molecule is O=C1CN(C(=O)N2C(c3ccc4c(c3)C(=O)NCC(=O)N4c3ccccc3)=N[C@@H](c3ccc(Cl)cc3)[C@H]2c2ccc(Cl)cc2)CCN1. The van der Waals surface area contributed by atoms with E-state index in [1.54, 1.807) is 59.5 Å². The summed E-state index contributed by atoms with van der Waals surface area (Å²) < 4.78 is 0. The Morgan fingerprint density at radius 1 is 0.809 bits per heavy atom. The van der Waals surface area contributed by atoms with Crippen LogP contribution in [0.3, 0.4) is 0 Å². The zero-order valence-corrected chi connectivity index (χ0v) is 26.4. The molecule has 1 fully saturated rings. The number of nitrogens with zero attached hydrogens (tertiary/aromatic N) is 4. The molecule has 0 bridgehead atoms. The molecule has 1 saturated heterocycles. The van der Waals surface area contributed by atoms with Crippen LogP contribution in [0.4, 0.5) is 16.2 Å². The molecule has 0 aromatic heterocycles. The lowest BCUT2D eigenvalue weighted by Crippen LogP contribution is -2.55. The quantitative estimate of drug-likeness (QED) is 0.299. The molecule has 0 radical (unpaired) electrons. The predicted octanol–water partition coefficient (Wildman–Crippen LogP) is 5.50. The van der Waals surface area contributed by atoms with Crippen molar-refractivity contribution in [1.82, 2.24) is 20.4 Å². The van der Waals surface area contributed by atoms with Gasteiger partial charge in [-0.3, -0.25) is 29.2 Å². The third-order valence-electron chi connectivity index (χ3n) is 8.41. The molecule has 2 atom stereocenters. The number of fused-ring (bicyclic) bond motifs is 1. The zero-order valence-electron chi connectivity index (χ0n) is 24.9. The second-order valence-electron chi connectivity index (χ2n) is 11.3. The van der Waals surface area contributed by atoms with Gasteiger partial charge in [0, 0.05) is 34.4 Å². The van der Waals surface area contributed by atoms with Crippen molar-refractivity contribution in [3.8, 4) is 0 Å². The van der Waals surface area contributed by atoms with Gasteiger partial charge in [-0.25, -0.2) is 4.79 Å². The van der Waals surface area contributed by atoms with Crippen molar-refractivity contribution in [3.63, 3.8) is 0 Å². The van der Waals surface area contributed by atoms with E-state index in [-0.39, 0.29) is 30.5 Å². The van der Waals surface area contributed by atoms with Gasteiger partial charge in [-0.05, 0) is 65.7 Å². The summed E-state index contributed by atoms with van der Waals surface area (Å²) in [5, 5.41) is 6.57. The van der Waals surface area contributed by atoms with Gasteiger partial charge in [0.25, 0.3) is 11.8 Å². The van der Waals surface area contributed by atoms with Gasteiger partial charge in [-0.1, -0.05) is 65.7 Å². The molecule has 10 nitrogen and oxygen atoms in total. The highest BCUT2D eigenvalue weighted by atomic mass is 35.5. The average Bonchev–Trinajstić information content (AvgIpc) is 3.43. The van der Waals surface area contributed by atoms with Crippen molar-refractivity contribution in [2.24, 2.45) is 4.99 Å². The number of rotatable bonds is 4. The van der Waals surface area contributed by atoms with Gasteiger partial charge in [0.05, 0.1) is 23.8 Å². The number of carbonyl (C=O) groups excluding carboxylic acids is 4. The van der Waals surface area contributed by atoms with Crippen molar-refractivity contribution >= 4 is 64.2 Å². The third kappa shape index (κ3) is 5.82. The number of nitrogens with one attached hydrogen (secondary N) is 2. The smallest absolute Gasteiger partial charge is 0.326 e. The fourth-order valence-electron chi connectivity index (χ4n) is 6.20. The Morgan fingerprint density at radius 2 is 1.49 bits per heavy atom. The van der Waals surface area contributed by atoms with E-state index in [0.29, 0.717) is 45.9 Å². The first-order valence-electron chi connectivity index (χ1n) is 15.0. The van der Waals surface area contributed by atoms with Crippen LogP contribution in [0.5, 0.6) is 0 Å². The Bertz CT molecular complexity index is 1920. The Morgan fingerprint density at radius 3 is 2.17 bits per heavy atom. The van der Waals surface area contributed by atoms with E-state index in [9.17, 15) is 19.2 Å². The summed E-state index contributed by atoms with van der Waals surface area (Å²) >= 11 is 12.5. The van der Waals surface area contributed by atoms with Crippen LogP contribution >= 0.6 is 23.2 Å². The van der Waals surface area contributed by atoms with Crippen molar-refractivity contribution in [3.05, 3.63) is 129 Å². The summed E-state index contributed by atoms with van der Waals surface area (Å²) in [6.45, 7) is 0.341. The first kappa shape index (κ1) is 30.5. The molecule has 3 aliphatic rings. The van der Waals surface area contributed by atoms with E-state index < -0.39 is 24.0 Å². The lowest BCUT2D eigenvalue weighted by molar-refractivity contribution is -0.123. The summed E-state index contributed by atoms with van der Waals surface area (Å²) in [6.07, 6.45) is 0. The van der Waals surface area contributed by atoms with Crippen LogP contribution in [0, 0.1) is 0 Å². The van der Waals surface area contributed by atoms with Crippen molar-refractivity contribution in [2.45, 2.75) is 12.1 Å². The number of hydrogen-bond acceptors (Lipinski definition) is 5. The number of piperazine rings is 1. The molecule has 5 amide bonds. The van der Waals surface area contributed by atoms with E-state index in [1.807, 2.05) is 42.5 Å². The standard InChI is InChI=1S/C35H28Cl2N6O4/c36-24-11-6-21(7-12-24)31-32(22-8-13-25(37)14-9-22)43(35(47)41-17-16-38-29(44)20-41)33(40-31)23-10-15-28-27(18-23)34(46)39-19-30(45)42(28)26-4-2-1-3-5-26/h1-15,18,31-32H,16-17,19-20H2,(H,38,44)(H,39,46)/t31-,32+/m0/s1. The number of anilines is 2. The van der Waals surface area contributed by atoms with Crippen molar-refractivity contribution in [2.75, 3.05) is 31.1 Å². The number of para-hydroxylation sites is 1. The van der Waals surface area contributed by atoms with Crippen LogP contribution in [0.2, 0.25) is 10.0 Å². The first-order valence-corrected chi connectivity index (χ1v) is 15.8. The van der Waals surface area contributed by atoms with E-state index in [1.165, 1.54) is 9.80 Å². The van der Waals surface area contributed by atoms with Crippen LogP contribution in [0.25, 0.3) is 0 Å². The molecule has 0 unspecified atom stereocenters. The van der Waals surface area contributed by atoms with Gasteiger partial charge in [0.1, 0.15) is 18.4 Å². The Kier molecular flexibility index (Phi) is 8.13. The molecule has 4 aromatic rings. The Hall–Kier alpha value is -5.19. The minimum absolute atomic E-state index is 0.109. The number of carbonyl (C=O) groups is 4. The molecule has 7 rings (SSSR count). The molecule has 12 heteroatoms. The Labute approximate surface area is 280 Å². The number of amides is 5. The van der Waals surface area contributed by atoms with E-state index in [4.69, 9.17) is 28.2 Å². The second-order valence-corrected chi connectivity index (χ2v) is 12.2. The van der Waals surface area contributed by atoms with Gasteiger partial charge in [0.2, 0.25) is 5.91 Å². The van der Waals surface area contributed by atoms with Gasteiger partial charge in [0.15, 0.2) is 0 Å². The molecule has 47 heavy (non-hydrogen) atoms. The molecule has 236 valence electrons. The van der Waals surface area contributed by atoms with Crippen LogP contribution in [0.1, 0.15) is 39.1 Å². The predicted molar refractivity (Wildman–Crippen MR) is 179 cm³/mol. The van der Waals surface area contributed by atoms with E-state index in [2.05, 4.69) is 10.6 Å². The minimum atomic E-state index is -0.629. The molecule has 0 saturated carbocycles. The lowest BCUT2D eigenvalue weighted by Gasteiger charge is -2.35. The summed E-state index contributed by atoms with van der Waals surface area (Å²) in [7, 11) is 0. The second kappa shape index (κ2) is 12.5. The lowest BCUT2D eigenvalue weighted by atomic mass is 9.93. The topological polar surface area (TPSA) is 114 Å². The van der Waals surface area contributed by atoms with Crippen molar-refractivity contribution in [1.29, 1.82) is 0 Å². The number of aliphatic imine (C=N–C) groups is 1. The monoisotopic (exact) mass is 666 g/mol. The maximum atomic E-state index is 14.5. The first-order chi connectivity index (χ1) is 22.8. The average molecular weight is 668 g/mol. The van der Waals surface area contributed by atoms with Crippen LogP contribution in [0.15, 0.2) is 102 Å². The van der Waals surface area contributed by atoms with E-state index in [0.717, 1.165) is 11.1 Å². The number of amidine groups is 1. The molecular weight excluding hydrogens is 639 g/mol. The van der Waals surface area contributed by atoms with Crippen LogP contribution in [-0.2, 0) is 9.59 Å². The largest absolute Gasteiger partial charge is 0.353 e. The number of hydrogen-bond donors (Lipinski definition) is 2. The van der Waals surface area contributed by atoms with Crippen LogP contribution < -0.4 is 15.5 Å². The highest BCUT2D eigenvalue weighted by Gasteiger charge is 2.45. The highest BCUT2D eigenvalue weighted by Crippen LogP contribution is 2.45. The molecule has 2 N–H and O–H groups in total. The minimum Gasteiger partial charge on any atom is -0.353 e. The molecule has 4 aromatic carbocycles. The van der Waals surface area contributed by atoms with Gasteiger partial charge in [-0.15, -0.1) is 0 Å².